The van der Waals surface area contributed by atoms with Crippen LogP contribution in [-0.4, -0.2) is 5.78 Å². The first-order chi connectivity index (χ1) is 4.77. The molecular formula is C9H12O. The Kier molecular flexibility index (Phi) is 1.19. The highest BCUT2D eigenvalue weighted by molar-refractivity contribution is 5.86. The molecule has 2 aliphatic rings. The average molecular weight is 136 g/mol. The largest absolute Gasteiger partial charge is 0.299 e. The molecule has 1 saturated carbocycles. The van der Waals surface area contributed by atoms with Crippen molar-refractivity contribution >= 4 is 5.78 Å². The first-order valence-electron chi connectivity index (χ1n) is 3.99. The predicted molar refractivity (Wildman–Crippen MR) is 39.5 cm³/mol. The van der Waals surface area contributed by atoms with Crippen LogP contribution in [-0.2, 0) is 4.79 Å². The molecule has 0 unspecified atom stereocenters. The number of allylic oxidation sites excluding steroid dienone is 2. The van der Waals surface area contributed by atoms with Crippen LogP contribution in [0.25, 0.3) is 0 Å². The van der Waals surface area contributed by atoms with E-state index in [9.17, 15) is 4.79 Å². The molecule has 0 radical (unpaired) electrons. The smallest absolute Gasteiger partial charge is 0.142 e. The highest BCUT2D eigenvalue weighted by Crippen LogP contribution is 2.36. The number of rotatable bonds is 0. The molecule has 3 atom stereocenters. The molecule has 2 rings (SSSR count). The molecule has 1 nitrogen and oxygen atoms in total. The molecule has 1 heteroatoms. The summed E-state index contributed by atoms with van der Waals surface area (Å²) < 4.78 is 0. The Hall–Kier alpha value is -0.590. The van der Waals surface area contributed by atoms with Crippen LogP contribution in [0.5, 0.6) is 0 Å². The molecule has 1 fully saturated rings. The third kappa shape index (κ3) is 0.731. The molecule has 0 saturated heterocycles. The van der Waals surface area contributed by atoms with Crippen LogP contribution in [0.3, 0.4) is 0 Å². The van der Waals surface area contributed by atoms with Gasteiger partial charge in [-0.25, -0.2) is 0 Å². The van der Waals surface area contributed by atoms with E-state index in [0.29, 0.717) is 11.7 Å². The molecule has 0 heterocycles. The van der Waals surface area contributed by atoms with E-state index < -0.39 is 0 Å². The Morgan fingerprint density at radius 3 is 3.00 bits per heavy atom. The second-order valence-electron chi connectivity index (χ2n) is 3.53. The van der Waals surface area contributed by atoms with Gasteiger partial charge in [-0.15, -0.1) is 0 Å². The zero-order chi connectivity index (χ0) is 7.14. The molecule has 0 amide bonds. The lowest BCUT2D eigenvalue weighted by molar-refractivity contribution is -0.127. The molecule has 2 bridgehead atoms. The van der Waals surface area contributed by atoms with Crippen molar-refractivity contribution in [2.75, 3.05) is 0 Å². The topological polar surface area (TPSA) is 17.1 Å². The molecule has 0 N–H and O–H groups in total. The fraction of sp³-hybridized carbons (Fsp3) is 0.667. The van der Waals surface area contributed by atoms with Gasteiger partial charge in [0.25, 0.3) is 0 Å². The summed E-state index contributed by atoms with van der Waals surface area (Å²) in [5.74, 6) is 1.79. The molecular weight excluding hydrogens is 124 g/mol. The molecule has 10 heavy (non-hydrogen) atoms. The lowest BCUT2D eigenvalue weighted by atomic mass is 9.80. The van der Waals surface area contributed by atoms with Gasteiger partial charge in [0.1, 0.15) is 5.78 Å². The lowest BCUT2D eigenvalue weighted by Crippen LogP contribution is -2.25. The van der Waals surface area contributed by atoms with Crippen molar-refractivity contribution < 1.29 is 4.79 Å². The third-order valence-corrected chi connectivity index (χ3v) is 2.68. The first-order valence-corrected chi connectivity index (χ1v) is 3.99. The number of fused-ring (bicyclic) bond motifs is 2. The summed E-state index contributed by atoms with van der Waals surface area (Å²) in [6.45, 7) is 2.05. The molecule has 0 aliphatic heterocycles. The summed E-state index contributed by atoms with van der Waals surface area (Å²) in [6.07, 6.45) is 6.50. The monoisotopic (exact) mass is 136 g/mol. The van der Waals surface area contributed by atoms with Gasteiger partial charge in [0.2, 0.25) is 0 Å². The Morgan fingerprint density at radius 1 is 1.40 bits per heavy atom. The van der Waals surface area contributed by atoms with E-state index in [2.05, 4.69) is 19.1 Å². The van der Waals surface area contributed by atoms with Crippen molar-refractivity contribution in [1.82, 2.24) is 0 Å². The van der Waals surface area contributed by atoms with E-state index in [-0.39, 0.29) is 5.92 Å². The molecule has 0 aromatic rings. The van der Waals surface area contributed by atoms with E-state index in [1.165, 1.54) is 0 Å². The predicted octanol–water partition coefficient (Wildman–Crippen LogP) is 1.79. The second kappa shape index (κ2) is 1.94. The number of Topliss-reactive ketones (excluding diaryl/α,β-unsaturated/α-hetero) is 1. The van der Waals surface area contributed by atoms with Crippen molar-refractivity contribution in [1.29, 1.82) is 0 Å². The number of carbonyl (C=O) groups is 1. The second-order valence-corrected chi connectivity index (χ2v) is 3.53. The Morgan fingerprint density at radius 2 is 2.20 bits per heavy atom. The molecule has 54 valence electrons. The minimum atomic E-state index is 0.286. The van der Waals surface area contributed by atoms with Gasteiger partial charge in [-0.2, -0.15) is 0 Å². The first kappa shape index (κ1) is 6.14. The van der Waals surface area contributed by atoms with E-state index >= 15 is 0 Å². The quantitative estimate of drug-likeness (QED) is 0.464. The van der Waals surface area contributed by atoms with Gasteiger partial charge < -0.3 is 0 Å². The summed E-state index contributed by atoms with van der Waals surface area (Å²) in [6, 6.07) is 0. The number of hydrogen-bond donors (Lipinski definition) is 0. The fourth-order valence-corrected chi connectivity index (χ4v) is 2.10. The van der Waals surface area contributed by atoms with Gasteiger partial charge in [-0.05, 0) is 18.8 Å². The lowest BCUT2D eigenvalue weighted by Gasteiger charge is -2.23. The standard InChI is InChI=1S/C9H12O/c1-6-4-7-2-3-8(5-7)9(6)10/h2-3,6-8H,4-5H2,1H3/t6-,7-,8-/m1/s1. The summed E-state index contributed by atoms with van der Waals surface area (Å²) in [5.41, 5.74) is 0. The van der Waals surface area contributed by atoms with Crippen molar-refractivity contribution in [3.8, 4) is 0 Å². The van der Waals surface area contributed by atoms with Gasteiger partial charge >= 0.3 is 0 Å². The van der Waals surface area contributed by atoms with Gasteiger partial charge in [-0.1, -0.05) is 19.1 Å². The maximum atomic E-state index is 11.3. The molecule has 2 aliphatic carbocycles. The van der Waals surface area contributed by atoms with Crippen LogP contribution in [0.4, 0.5) is 0 Å². The SMILES string of the molecule is C[C@@H]1C[C@H]2C=C[C@H](C2)C1=O. The van der Waals surface area contributed by atoms with Crippen molar-refractivity contribution in [2.45, 2.75) is 19.8 Å². The van der Waals surface area contributed by atoms with Crippen LogP contribution >= 0.6 is 0 Å². The van der Waals surface area contributed by atoms with E-state index in [1.807, 2.05) is 0 Å². The van der Waals surface area contributed by atoms with Crippen molar-refractivity contribution in [3.63, 3.8) is 0 Å². The summed E-state index contributed by atoms with van der Waals surface area (Å²) in [7, 11) is 0. The molecule has 0 aromatic carbocycles. The average Bonchev–Trinajstić information content (AvgIpc) is 2.29. The highest BCUT2D eigenvalue weighted by atomic mass is 16.1. The normalized spacial score (nSPS) is 44.5. The highest BCUT2D eigenvalue weighted by Gasteiger charge is 2.34. The minimum absolute atomic E-state index is 0.286. The number of hydrogen-bond acceptors (Lipinski definition) is 1. The Balaban J connectivity index is 2.24. The minimum Gasteiger partial charge on any atom is -0.299 e. The third-order valence-electron chi connectivity index (χ3n) is 2.68. The van der Waals surface area contributed by atoms with Crippen molar-refractivity contribution in [3.05, 3.63) is 12.2 Å². The Labute approximate surface area is 61.1 Å². The van der Waals surface area contributed by atoms with Gasteiger partial charge in [0, 0.05) is 11.8 Å². The molecule has 0 aromatic heterocycles. The summed E-state index contributed by atoms with van der Waals surface area (Å²) in [4.78, 5) is 11.3. The zero-order valence-electron chi connectivity index (χ0n) is 6.21. The Bertz CT molecular complexity index is 193. The van der Waals surface area contributed by atoms with Crippen LogP contribution in [0, 0.1) is 17.8 Å². The van der Waals surface area contributed by atoms with E-state index in [0.717, 1.165) is 18.8 Å². The zero-order valence-corrected chi connectivity index (χ0v) is 6.21. The summed E-state index contributed by atoms with van der Waals surface area (Å²) in [5, 5.41) is 0. The maximum absolute atomic E-state index is 11.3. The van der Waals surface area contributed by atoms with Gasteiger partial charge in [0.15, 0.2) is 0 Å². The van der Waals surface area contributed by atoms with Gasteiger partial charge in [0.05, 0.1) is 0 Å². The van der Waals surface area contributed by atoms with Crippen LogP contribution in [0.15, 0.2) is 12.2 Å². The van der Waals surface area contributed by atoms with Gasteiger partial charge in [-0.3, -0.25) is 4.79 Å². The molecule has 0 spiro atoms. The van der Waals surface area contributed by atoms with Crippen LogP contribution in [0.1, 0.15) is 19.8 Å². The number of carbonyl (C=O) groups excluding carboxylic acids is 1. The van der Waals surface area contributed by atoms with Crippen LogP contribution < -0.4 is 0 Å². The summed E-state index contributed by atoms with van der Waals surface area (Å²) >= 11 is 0. The fourth-order valence-electron chi connectivity index (χ4n) is 2.10. The van der Waals surface area contributed by atoms with E-state index in [1.54, 1.807) is 0 Å². The maximum Gasteiger partial charge on any atom is 0.142 e. The van der Waals surface area contributed by atoms with Crippen molar-refractivity contribution in [2.24, 2.45) is 17.8 Å². The van der Waals surface area contributed by atoms with Crippen LogP contribution in [0.2, 0.25) is 0 Å². The number of ketones is 1. The van der Waals surface area contributed by atoms with E-state index in [4.69, 9.17) is 0 Å².